The molecule has 2 heterocycles. The summed E-state index contributed by atoms with van der Waals surface area (Å²) in [5, 5.41) is 9.62. The Kier molecular flexibility index (Phi) is 4.59. The van der Waals surface area contributed by atoms with Gasteiger partial charge in [0, 0.05) is 25.7 Å². The number of carbonyl (C=O) groups is 2. The number of likely N-dealkylation sites (N-methyl/N-ethyl adjacent to an activating group) is 1. The van der Waals surface area contributed by atoms with Gasteiger partial charge < -0.3 is 19.6 Å². The van der Waals surface area contributed by atoms with Crippen LogP contribution in [-0.4, -0.2) is 59.6 Å². The number of aryl methyl sites for hydroxylation is 1. The van der Waals surface area contributed by atoms with Crippen molar-refractivity contribution in [3.63, 3.8) is 0 Å². The number of phenolic OH excluding ortho intramolecular Hbond substituents is 1. The number of morpholine rings is 1. The second-order valence-electron chi connectivity index (χ2n) is 7.54. The molecule has 1 N–H and O–H groups in total. The molecule has 2 aliphatic heterocycles. The van der Waals surface area contributed by atoms with Crippen LogP contribution < -0.4 is 0 Å². The number of amides is 2. The highest BCUT2D eigenvalue weighted by atomic mass is 16.5. The smallest absolute Gasteiger partial charge is 0.254 e. The van der Waals surface area contributed by atoms with E-state index in [9.17, 15) is 14.7 Å². The largest absolute Gasteiger partial charge is 0.508 e. The summed E-state index contributed by atoms with van der Waals surface area (Å²) < 4.78 is 5.96. The number of fused-ring (bicyclic) bond motifs is 1. The first-order valence-electron chi connectivity index (χ1n) is 9.46. The second kappa shape index (κ2) is 6.95. The van der Waals surface area contributed by atoms with E-state index >= 15 is 0 Å². The Balaban J connectivity index is 1.66. The number of rotatable bonds is 2. The molecule has 0 saturated carbocycles. The average molecular weight is 380 g/mol. The van der Waals surface area contributed by atoms with Gasteiger partial charge in [-0.05, 0) is 42.7 Å². The average Bonchev–Trinajstić information content (AvgIpc) is 2.71. The van der Waals surface area contributed by atoms with Gasteiger partial charge in [0.05, 0.1) is 5.54 Å². The predicted octanol–water partition coefficient (Wildman–Crippen LogP) is 2.30. The fourth-order valence-corrected chi connectivity index (χ4v) is 4.47. The van der Waals surface area contributed by atoms with Crippen molar-refractivity contribution in [1.82, 2.24) is 9.80 Å². The topological polar surface area (TPSA) is 70.1 Å². The quantitative estimate of drug-likeness (QED) is 0.868. The van der Waals surface area contributed by atoms with E-state index in [-0.39, 0.29) is 30.3 Å². The summed E-state index contributed by atoms with van der Waals surface area (Å²) in [6, 6.07) is 14.7. The lowest BCUT2D eigenvalue weighted by Gasteiger charge is -2.54. The molecule has 6 heteroatoms. The molecule has 28 heavy (non-hydrogen) atoms. The number of piperidine rings is 1. The number of benzene rings is 2. The van der Waals surface area contributed by atoms with Gasteiger partial charge in [0.15, 0.2) is 0 Å². The van der Waals surface area contributed by atoms with E-state index in [0.717, 1.165) is 11.1 Å². The zero-order valence-corrected chi connectivity index (χ0v) is 16.1. The summed E-state index contributed by atoms with van der Waals surface area (Å²) in [5.74, 6) is 0.0168. The Morgan fingerprint density at radius 3 is 2.68 bits per heavy atom. The predicted molar refractivity (Wildman–Crippen MR) is 104 cm³/mol. The van der Waals surface area contributed by atoms with E-state index in [1.165, 1.54) is 6.07 Å². The van der Waals surface area contributed by atoms with Crippen molar-refractivity contribution in [2.24, 2.45) is 0 Å². The van der Waals surface area contributed by atoms with Gasteiger partial charge in [-0.15, -0.1) is 0 Å². The highest BCUT2D eigenvalue weighted by Crippen LogP contribution is 2.42. The zero-order chi connectivity index (χ0) is 19.9. The summed E-state index contributed by atoms with van der Waals surface area (Å²) in [6.07, 6.45) is 0.306. The minimum Gasteiger partial charge on any atom is -0.508 e. The zero-order valence-electron chi connectivity index (χ0n) is 16.1. The monoisotopic (exact) mass is 380 g/mol. The van der Waals surface area contributed by atoms with E-state index in [1.807, 2.05) is 44.3 Å². The Labute approximate surface area is 164 Å². The minimum atomic E-state index is -0.572. The van der Waals surface area contributed by atoms with Crippen LogP contribution in [0.5, 0.6) is 5.75 Å². The van der Waals surface area contributed by atoms with Crippen LogP contribution in [0.15, 0.2) is 48.5 Å². The molecule has 146 valence electrons. The molecule has 0 radical (unpaired) electrons. The molecule has 2 fully saturated rings. The van der Waals surface area contributed by atoms with Gasteiger partial charge in [-0.1, -0.05) is 30.3 Å². The Hall–Kier alpha value is -2.86. The molecule has 6 nitrogen and oxygen atoms in total. The van der Waals surface area contributed by atoms with E-state index in [1.54, 1.807) is 21.9 Å². The number of phenols is 1. The summed E-state index contributed by atoms with van der Waals surface area (Å²) in [5.41, 5.74) is 1.77. The van der Waals surface area contributed by atoms with Crippen LogP contribution >= 0.6 is 0 Å². The van der Waals surface area contributed by atoms with Gasteiger partial charge in [-0.25, -0.2) is 0 Å². The molecular formula is C22H24N2O4. The summed E-state index contributed by atoms with van der Waals surface area (Å²) >= 11 is 0. The second-order valence-corrected chi connectivity index (χ2v) is 7.54. The van der Waals surface area contributed by atoms with E-state index in [4.69, 9.17) is 4.74 Å². The molecular weight excluding hydrogens is 356 g/mol. The van der Waals surface area contributed by atoms with Gasteiger partial charge in [0.2, 0.25) is 5.91 Å². The van der Waals surface area contributed by atoms with Crippen molar-refractivity contribution in [3.05, 3.63) is 65.2 Å². The molecule has 2 aliphatic rings. The van der Waals surface area contributed by atoms with Gasteiger partial charge in [0.25, 0.3) is 5.91 Å². The lowest BCUT2D eigenvalue weighted by Crippen LogP contribution is -2.67. The van der Waals surface area contributed by atoms with Gasteiger partial charge in [-0.3, -0.25) is 9.59 Å². The first-order chi connectivity index (χ1) is 13.4. The van der Waals surface area contributed by atoms with E-state index in [2.05, 4.69) is 0 Å². The van der Waals surface area contributed by atoms with Crippen LogP contribution in [0.4, 0.5) is 0 Å². The first-order valence-corrected chi connectivity index (χ1v) is 9.46. The summed E-state index contributed by atoms with van der Waals surface area (Å²) in [7, 11) is 1.83. The fraction of sp³-hybridized carbons (Fsp3) is 0.364. The van der Waals surface area contributed by atoms with Crippen molar-refractivity contribution >= 4 is 11.8 Å². The lowest BCUT2D eigenvalue weighted by molar-refractivity contribution is -0.180. The highest BCUT2D eigenvalue weighted by Gasteiger charge is 2.53. The van der Waals surface area contributed by atoms with Gasteiger partial charge >= 0.3 is 0 Å². The summed E-state index contributed by atoms with van der Waals surface area (Å²) in [4.78, 5) is 29.1. The Morgan fingerprint density at radius 1 is 1.21 bits per heavy atom. The minimum absolute atomic E-state index is 0.0238. The maximum absolute atomic E-state index is 13.1. The Bertz CT molecular complexity index is 914. The van der Waals surface area contributed by atoms with Crippen LogP contribution in [0.1, 0.15) is 27.9 Å². The molecule has 0 bridgehead atoms. The molecule has 2 amide bonds. The molecule has 2 aromatic rings. The molecule has 2 aromatic carbocycles. The van der Waals surface area contributed by atoms with Crippen molar-refractivity contribution in [3.8, 4) is 5.75 Å². The number of hydrogen-bond donors (Lipinski definition) is 1. The molecule has 0 unspecified atom stereocenters. The SMILES string of the molecule is Cc1cc(O)ccc1C(=O)N1CC[C@]2(c3ccccc3)[C@@H](C1)OCC(=O)N2C. The van der Waals surface area contributed by atoms with Crippen LogP contribution in [0.3, 0.4) is 0 Å². The number of aromatic hydroxyl groups is 1. The lowest BCUT2D eigenvalue weighted by atomic mass is 9.76. The number of carbonyl (C=O) groups excluding carboxylic acids is 2. The number of likely N-dealkylation sites (tertiary alicyclic amines) is 1. The van der Waals surface area contributed by atoms with Crippen LogP contribution in [0.2, 0.25) is 0 Å². The molecule has 2 atom stereocenters. The van der Waals surface area contributed by atoms with E-state index < -0.39 is 5.54 Å². The third-order valence-corrected chi connectivity index (χ3v) is 6.06. The third-order valence-electron chi connectivity index (χ3n) is 6.06. The maximum atomic E-state index is 13.1. The van der Waals surface area contributed by atoms with Crippen molar-refractivity contribution in [2.45, 2.75) is 25.0 Å². The Morgan fingerprint density at radius 2 is 1.96 bits per heavy atom. The van der Waals surface area contributed by atoms with Crippen LogP contribution in [0, 0.1) is 6.92 Å². The molecule has 2 saturated heterocycles. The summed E-state index contributed by atoms with van der Waals surface area (Å²) in [6.45, 7) is 2.77. The number of nitrogens with zero attached hydrogens (tertiary/aromatic N) is 2. The standard InChI is InChI=1S/C22H24N2O4/c1-15-12-17(25)8-9-18(15)21(27)24-11-10-22(16-6-4-3-5-7-16)19(13-24)28-14-20(26)23(22)2/h3-9,12,19,25H,10-11,13-14H2,1-2H3/t19-,22+/m1/s1. The van der Waals surface area contributed by atoms with Gasteiger partial charge in [0.1, 0.15) is 18.5 Å². The molecule has 0 spiro atoms. The van der Waals surface area contributed by atoms with Gasteiger partial charge in [-0.2, -0.15) is 0 Å². The third kappa shape index (κ3) is 2.85. The van der Waals surface area contributed by atoms with Crippen LogP contribution in [-0.2, 0) is 15.1 Å². The fourth-order valence-electron chi connectivity index (χ4n) is 4.47. The van der Waals surface area contributed by atoms with E-state index in [0.29, 0.717) is 25.1 Å². The first kappa shape index (κ1) is 18.5. The normalized spacial score (nSPS) is 24.8. The maximum Gasteiger partial charge on any atom is 0.254 e. The van der Waals surface area contributed by atoms with Crippen molar-refractivity contribution in [1.29, 1.82) is 0 Å². The highest BCUT2D eigenvalue weighted by molar-refractivity contribution is 5.96. The molecule has 0 aliphatic carbocycles. The number of hydrogen-bond acceptors (Lipinski definition) is 4. The van der Waals surface area contributed by atoms with Crippen molar-refractivity contribution in [2.75, 3.05) is 26.7 Å². The molecule has 0 aromatic heterocycles. The van der Waals surface area contributed by atoms with Crippen molar-refractivity contribution < 1.29 is 19.4 Å². The van der Waals surface area contributed by atoms with Crippen LogP contribution in [0.25, 0.3) is 0 Å². The molecule has 4 rings (SSSR count). The number of ether oxygens (including phenoxy) is 1.